The van der Waals surface area contributed by atoms with Crippen LogP contribution in [-0.4, -0.2) is 18.3 Å². The van der Waals surface area contributed by atoms with E-state index in [-0.39, 0.29) is 11.7 Å². The lowest BCUT2D eigenvalue weighted by Crippen LogP contribution is -2.15. The maximum Gasteiger partial charge on any atom is 0.255 e. The van der Waals surface area contributed by atoms with Crippen LogP contribution in [0.2, 0.25) is 0 Å². The maximum absolute atomic E-state index is 12.9. The molecule has 27 heavy (non-hydrogen) atoms. The average Bonchev–Trinajstić information content (AvgIpc) is 2.70. The van der Waals surface area contributed by atoms with E-state index < -0.39 is 0 Å². The molecule has 0 unspecified atom stereocenters. The number of ketones is 1. The first-order valence-electron chi connectivity index (χ1n) is 8.52. The van der Waals surface area contributed by atoms with Crippen LogP contribution in [-0.2, 0) is 0 Å². The Morgan fingerprint density at radius 1 is 0.926 bits per heavy atom. The largest absolute Gasteiger partial charge is 0.494 e. The van der Waals surface area contributed by atoms with Crippen LogP contribution in [0.4, 0.5) is 5.69 Å². The van der Waals surface area contributed by atoms with Crippen LogP contribution in [0.15, 0.2) is 77.3 Å². The molecule has 0 fully saturated rings. The number of hydrogen-bond acceptors (Lipinski definition) is 3. The van der Waals surface area contributed by atoms with Gasteiger partial charge in [-0.05, 0) is 49.4 Å². The molecule has 3 aromatic carbocycles. The van der Waals surface area contributed by atoms with Crippen molar-refractivity contribution in [3.8, 4) is 5.75 Å². The first kappa shape index (κ1) is 18.9. The molecule has 0 aromatic heterocycles. The van der Waals surface area contributed by atoms with Gasteiger partial charge in [0.1, 0.15) is 5.75 Å². The van der Waals surface area contributed by atoms with Crippen LogP contribution >= 0.6 is 15.9 Å². The summed E-state index contributed by atoms with van der Waals surface area (Å²) in [7, 11) is 0. The number of benzene rings is 3. The monoisotopic (exact) mass is 423 g/mol. The first-order valence-corrected chi connectivity index (χ1v) is 9.31. The third-order valence-corrected chi connectivity index (χ3v) is 4.43. The fourth-order valence-corrected chi connectivity index (χ4v) is 2.98. The average molecular weight is 424 g/mol. The third kappa shape index (κ3) is 4.63. The van der Waals surface area contributed by atoms with Gasteiger partial charge in [-0.2, -0.15) is 0 Å². The minimum atomic E-state index is -0.289. The van der Waals surface area contributed by atoms with E-state index in [2.05, 4.69) is 21.2 Å². The van der Waals surface area contributed by atoms with E-state index in [1.54, 1.807) is 54.6 Å². The predicted molar refractivity (Wildman–Crippen MR) is 110 cm³/mol. The molecule has 136 valence electrons. The van der Waals surface area contributed by atoms with E-state index in [9.17, 15) is 9.59 Å². The van der Waals surface area contributed by atoms with E-state index in [1.165, 1.54) is 0 Å². The summed E-state index contributed by atoms with van der Waals surface area (Å²) in [5, 5.41) is 2.83. The number of amides is 1. The fraction of sp³-hybridized carbons (Fsp3) is 0.0909. The number of hydrogen-bond donors (Lipinski definition) is 1. The van der Waals surface area contributed by atoms with E-state index >= 15 is 0 Å². The van der Waals surface area contributed by atoms with Crippen LogP contribution in [0.1, 0.15) is 33.2 Å². The second kappa shape index (κ2) is 8.64. The summed E-state index contributed by atoms with van der Waals surface area (Å²) in [6.45, 7) is 2.47. The molecule has 0 atom stereocenters. The van der Waals surface area contributed by atoms with Crippen molar-refractivity contribution < 1.29 is 14.3 Å². The summed E-state index contributed by atoms with van der Waals surface area (Å²) in [5.41, 5.74) is 1.94. The highest BCUT2D eigenvalue weighted by molar-refractivity contribution is 9.10. The molecule has 0 aliphatic heterocycles. The molecule has 0 heterocycles. The Balaban J connectivity index is 1.86. The highest BCUT2D eigenvalue weighted by atomic mass is 79.9. The molecule has 0 saturated heterocycles. The third-order valence-electron chi connectivity index (χ3n) is 3.94. The van der Waals surface area contributed by atoms with Gasteiger partial charge in [0.05, 0.1) is 12.3 Å². The SMILES string of the molecule is CCOc1ccc(C(=O)Nc2ccc(Br)cc2C(=O)c2ccccc2)cc1. The van der Waals surface area contributed by atoms with Crippen LogP contribution in [0.5, 0.6) is 5.75 Å². The van der Waals surface area contributed by atoms with E-state index in [1.807, 2.05) is 25.1 Å². The van der Waals surface area contributed by atoms with Gasteiger partial charge < -0.3 is 10.1 Å². The summed E-state index contributed by atoms with van der Waals surface area (Å²) in [6, 6.07) is 21.1. The predicted octanol–water partition coefficient (Wildman–Crippen LogP) is 5.33. The highest BCUT2D eigenvalue weighted by Crippen LogP contribution is 2.25. The lowest BCUT2D eigenvalue weighted by Gasteiger charge is -2.12. The van der Waals surface area contributed by atoms with Crippen molar-refractivity contribution >= 4 is 33.3 Å². The molecule has 0 spiro atoms. The Hall–Kier alpha value is -2.92. The summed E-state index contributed by atoms with van der Waals surface area (Å²) >= 11 is 3.39. The van der Waals surface area contributed by atoms with Crippen molar-refractivity contribution in [2.75, 3.05) is 11.9 Å². The van der Waals surface area contributed by atoms with Crippen LogP contribution in [0.25, 0.3) is 0 Å². The number of ether oxygens (including phenoxy) is 1. The number of nitrogens with one attached hydrogen (secondary N) is 1. The molecule has 3 aromatic rings. The maximum atomic E-state index is 12.9. The van der Waals surface area contributed by atoms with Gasteiger partial charge in [0.2, 0.25) is 0 Å². The van der Waals surface area contributed by atoms with Gasteiger partial charge in [-0.15, -0.1) is 0 Å². The van der Waals surface area contributed by atoms with Crippen molar-refractivity contribution in [1.29, 1.82) is 0 Å². The quantitative estimate of drug-likeness (QED) is 0.544. The van der Waals surface area contributed by atoms with Crippen LogP contribution in [0.3, 0.4) is 0 Å². The Labute approximate surface area is 166 Å². The molecule has 1 N–H and O–H groups in total. The summed E-state index contributed by atoms with van der Waals surface area (Å²) in [4.78, 5) is 25.5. The van der Waals surface area contributed by atoms with E-state index in [0.29, 0.717) is 34.7 Å². The smallest absolute Gasteiger partial charge is 0.255 e. The standard InChI is InChI=1S/C22H18BrNO3/c1-2-27-18-11-8-16(9-12-18)22(26)24-20-13-10-17(23)14-19(20)21(25)15-6-4-3-5-7-15/h3-14H,2H2,1H3,(H,24,26). The van der Waals surface area contributed by atoms with Gasteiger partial charge in [0.15, 0.2) is 5.78 Å². The first-order chi connectivity index (χ1) is 13.1. The zero-order valence-corrected chi connectivity index (χ0v) is 16.3. The molecule has 0 saturated carbocycles. The second-order valence-corrected chi connectivity index (χ2v) is 6.71. The Morgan fingerprint density at radius 3 is 2.30 bits per heavy atom. The minimum absolute atomic E-state index is 0.154. The number of carbonyl (C=O) groups is 2. The van der Waals surface area contributed by atoms with E-state index in [4.69, 9.17) is 4.74 Å². The summed E-state index contributed by atoms with van der Waals surface area (Å²) in [6.07, 6.45) is 0. The number of halogens is 1. The number of rotatable bonds is 6. The molecule has 4 nitrogen and oxygen atoms in total. The Kier molecular flexibility index (Phi) is 6.04. The van der Waals surface area contributed by atoms with Gasteiger partial charge >= 0.3 is 0 Å². The van der Waals surface area contributed by atoms with Gasteiger partial charge in [0, 0.05) is 21.2 Å². The lowest BCUT2D eigenvalue weighted by molar-refractivity contribution is 0.102. The van der Waals surface area contributed by atoms with Gasteiger partial charge in [-0.1, -0.05) is 46.3 Å². The normalized spacial score (nSPS) is 10.3. The fourth-order valence-electron chi connectivity index (χ4n) is 2.62. The van der Waals surface area contributed by atoms with Crippen molar-refractivity contribution in [3.05, 3.63) is 94.0 Å². The number of carbonyl (C=O) groups excluding carboxylic acids is 2. The van der Waals surface area contributed by atoms with Crippen molar-refractivity contribution in [2.45, 2.75) is 6.92 Å². The molecule has 3 rings (SSSR count). The number of anilines is 1. The topological polar surface area (TPSA) is 55.4 Å². The zero-order valence-electron chi connectivity index (χ0n) is 14.7. The van der Waals surface area contributed by atoms with E-state index in [0.717, 1.165) is 4.47 Å². The molecular formula is C22H18BrNO3. The van der Waals surface area contributed by atoms with Gasteiger partial charge in [-0.25, -0.2) is 0 Å². The van der Waals surface area contributed by atoms with Gasteiger partial charge in [0.25, 0.3) is 5.91 Å². The molecule has 0 radical (unpaired) electrons. The van der Waals surface area contributed by atoms with Crippen molar-refractivity contribution in [2.24, 2.45) is 0 Å². The summed E-state index contributed by atoms with van der Waals surface area (Å²) in [5.74, 6) is 0.263. The van der Waals surface area contributed by atoms with Gasteiger partial charge in [-0.3, -0.25) is 9.59 Å². The summed E-state index contributed by atoms with van der Waals surface area (Å²) < 4.78 is 6.15. The molecule has 5 heteroatoms. The second-order valence-electron chi connectivity index (χ2n) is 5.80. The highest BCUT2D eigenvalue weighted by Gasteiger charge is 2.16. The molecule has 0 aliphatic rings. The molecular weight excluding hydrogens is 406 g/mol. The molecule has 0 aliphatic carbocycles. The van der Waals surface area contributed by atoms with Crippen LogP contribution in [0, 0.1) is 0 Å². The Bertz CT molecular complexity index is 953. The van der Waals surface area contributed by atoms with Crippen molar-refractivity contribution in [1.82, 2.24) is 0 Å². The van der Waals surface area contributed by atoms with Crippen molar-refractivity contribution in [3.63, 3.8) is 0 Å². The molecule has 1 amide bonds. The Morgan fingerprint density at radius 2 is 1.63 bits per heavy atom. The lowest BCUT2D eigenvalue weighted by atomic mass is 10.0. The minimum Gasteiger partial charge on any atom is -0.494 e. The zero-order chi connectivity index (χ0) is 19.2. The van der Waals surface area contributed by atoms with Crippen LogP contribution < -0.4 is 10.1 Å². The molecule has 0 bridgehead atoms.